The number of halogens is 2. The first kappa shape index (κ1) is 14.3. The molecule has 17 heavy (non-hydrogen) atoms. The molecule has 2 N–H and O–H groups in total. The Hall–Kier alpha value is -0.770. The number of hydrogen-bond acceptors (Lipinski definition) is 2. The minimum Gasteiger partial charge on any atom is -0.481 e. The number of carbonyl (C=O) groups is 1. The topological polar surface area (TPSA) is 57.5 Å². The van der Waals surface area contributed by atoms with Crippen molar-refractivity contribution >= 4 is 29.2 Å². The van der Waals surface area contributed by atoms with Crippen molar-refractivity contribution < 1.29 is 15.0 Å². The molecule has 0 spiro atoms. The highest BCUT2D eigenvalue weighted by Gasteiger charge is 2.30. The largest absolute Gasteiger partial charge is 0.481 e. The highest BCUT2D eigenvalue weighted by molar-refractivity contribution is 6.42. The van der Waals surface area contributed by atoms with E-state index in [1.807, 2.05) is 0 Å². The minimum atomic E-state index is -1.10. The third-order valence-electron chi connectivity index (χ3n) is 2.63. The van der Waals surface area contributed by atoms with Crippen molar-refractivity contribution in [3.63, 3.8) is 0 Å². The zero-order valence-electron chi connectivity index (χ0n) is 9.52. The Morgan fingerprint density at radius 2 is 1.82 bits per heavy atom. The van der Waals surface area contributed by atoms with Crippen molar-refractivity contribution in [3.8, 4) is 0 Å². The second kappa shape index (κ2) is 5.71. The lowest BCUT2D eigenvalue weighted by molar-refractivity contribution is -0.148. The van der Waals surface area contributed by atoms with Gasteiger partial charge in [-0.05, 0) is 23.6 Å². The zero-order valence-corrected chi connectivity index (χ0v) is 11.0. The van der Waals surface area contributed by atoms with Gasteiger partial charge in [0.15, 0.2) is 0 Å². The van der Waals surface area contributed by atoms with Crippen molar-refractivity contribution in [2.75, 3.05) is 0 Å². The molecule has 3 nitrogen and oxygen atoms in total. The van der Waals surface area contributed by atoms with Gasteiger partial charge in [0.05, 0.1) is 22.1 Å². The van der Waals surface area contributed by atoms with Crippen molar-refractivity contribution in [2.24, 2.45) is 11.8 Å². The van der Waals surface area contributed by atoms with Crippen LogP contribution < -0.4 is 0 Å². The second-order valence-electron chi connectivity index (χ2n) is 4.23. The third kappa shape index (κ3) is 3.35. The van der Waals surface area contributed by atoms with Gasteiger partial charge in [-0.25, -0.2) is 0 Å². The van der Waals surface area contributed by atoms with Crippen LogP contribution in [0.1, 0.15) is 25.5 Å². The first-order chi connectivity index (χ1) is 7.84. The predicted molar refractivity (Wildman–Crippen MR) is 67.4 cm³/mol. The van der Waals surface area contributed by atoms with Crippen LogP contribution in [-0.4, -0.2) is 16.2 Å². The number of benzene rings is 1. The van der Waals surface area contributed by atoms with E-state index in [0.29, 0.717) is 15.6 Å². The lowest BCUT2D eigenvalue weighted by atomic mass is 9.86. The average molecular weight is 277 g/mol. The van der Waals surface area contributed by atoms with E-state index in [-0.39, 0.29) is 5.92 Å². The Bertz CT molecular complexity index is 418. The monoisotopic (exact) mass is 276 g/mol. The van der Waals surface area contributed by atoms with E-state index in [1.54, 1.807) is 26.0 Å². The smallest absolute Gasteiger partial charge is 0.309 e. The van der Waals surface area contributed by atoms with Crippen molar-refractivity contribution in [1.29, 1.82) is 0 Å². The van der Waals surface area contributed by atoms with Crippen LogP contribution in [0.25, 0.3) is 0 Å². The molecule has 0 fully saturated rings. The molecule has 1 rings (SSSR count). The lowest BCUT2D eigenvalue weighted by Gasteiger charge is -2.22. The molecule has 0 amide bonds. The second-order valence-corrected chi connectivity index (χ2v) is 5.04. The van der Waals surface area contributed by atoms with Crippen LogP contribution in [0, 0.1) is 11.8 Å². The van der Waals surface area contributed by atoms with E-state index in [1.165, 1.54) is 6.07 Å². The maximum absolute atomic E-state index is 11.1. The number of rotatable bonds is 4. The zero-order chi connectivity index (χ0) is 13.2. The summed E-state index contributed by atoms with van der Waals surface area (Å²) in [7, 11) is 0. The molecule has 0 aliphatic carbocycles. The third-order valence-corrected chi connectivity index (χ3v) is 3.37. The van der Waals surface area contributed by atoms with Crippen molar-refractivity contribution in [2.45, 2.75) is 20.0 Å². The maximum Gasteiger partial charge on any atom is 0.309 e. The predicted octanol–water partition coefficient (Wildman–Crippen LogP) is 3.38. The molecule has 0 aliphatic heterocycles. The summed E-state index contributed by atoms with van der Waals surface area (Å²) in [4.78, 5) is 11.1. The summed E-state index contributed by atoms with van der Waals surface area (Å²) in [6.07, 6.45) is -1.10. The van der Waals surface area contributed by atoms with Crippen LogP contribution in [-0.2, 0) is 4.79 Å². The Morgan fingerprint density at radius 3 is 2.24 bits per heavy atom. The minimum absolute atomic E-state index is 0.183. The molecule has 0 saturated carbocycles. The number of aliphatic carboxylic acids is 1. The lowest BCUT2D eigenvalue weighted by Crippen LogP contribution is -2.26. The van der Waals surface area contributed by atoms with Gasteiger partial charge in [-0.3, -0.25) is 4.79 Å². The van der Waals surface area contributed by atoms with E-state index >= 15 is 0 Å². The van der Waals surface area contributed by atoms with E-state index in [4.69, 9.17) is 28.3 Å². The van der Waals surface area contributed by atoms with Gasteiger partial charge in [0.1, 0.15) is 0 Å². The van der Waals surface area contributed by atoms with Gasteiger partial charge in [-0.1, -0.05) is 43.1 Å². The number of carboxylic acids is 1. The SMILES string of the molecule is CC(C)C(C(=O)O)C(O)c1ccc(Cl)c(Cl)c1. The number of aliphatic hydroxyl groups is 1. The molecule has 1 aromatic rings. The van der Waals surface area contributed by atoms with Gasteiger partial charge < -0.3 is 10.2 Å². The molecule has 2 atom stereocenters. The van der Waals surface area contributed by atoms with Gasteiger partial charge in [0.2, 0.25) is 0 Å². The molecular weight excluding hydrogens is 263 g/mol. The fourth-order valence-electron chi connectivity index (χ4n) is 1.69. The molecule has 0 saturated heterocycles. The van der Waals surface area contributed by atoms with Crippen LogP contribution in [0.3, 0.4) is 0 Å². The van der Waals surface area contributed by atoms with E-state index in [2.05, 4.69) is 0 Å². The first-order valence-electron chi connectivity index (χ1n) is 5.20. The van der Waals surface area contributed by atoms with Gasteiger partial charge in [0, 0.05) is 0 Å². The summed E-state index contributed by atoms with van der Waals surface area (Å²) in [5.74, 6) is -2.08. The quantitative estimate of drug-likeness (QED) is 0.886. The standard InChI is InChI=1S/C12H14Cl2O3/c1-6(2)10(12(16)17)11(15)7-3-4-8(13)9(14)5-7/h3-6,10-11,15H,1-2H3,(H,16,17). The van der Waals surface area contributed by atoms with E-state index in [9.17, 15) is 9.90 Å². The van der Waals surface area contributed by atoms with Gasteiger partial charge in [0.25, 0.3) is 0 Å². The van der Waals surface area contributed by atoms with Crippen LogP contribution in [0.4, 0.5) is 0 Å². The molecule has 0 bridgehead atoms. The number of hydrogen-bond donors (Lipinski definition) is 2. The molecule has 94 valence electrons. The molecule has 0 heterocycles. The van der Waals surface area contributed by atoms with Crippen molar-refractivity contribution in [1.82, 2.24) is 0 Å². The van der Waals surface area contributed by atoms with Crippen LogP contribution in [0.5, 0.6) is 0 Å². The number of aliphatic hydroxyl groups excluding tert-OH is 1. The summed E-state index contributed by atoms with van der Waals surface area (Å²) in [5, 5.41) is 19.8. The number of carboxylic acid groups (broad SMARTS) is 1. The highest BCUT2D eigenvalue weighted by atomic mass is 35.5. The van der Waals surface area contributed by atoms with Gasteiger partial charge in [-0.15, -0.1) is 0 Å². The van der Waals surface area contributed by atoms with Crippen LogP contribution in [0.2, 0.25) is 10.0 Å². The summed E-state index contributed by atoms with van der Waals surface area (Å²) in [6, 6.07) is 4.62. The molecule has 0 aliphatic rings. The molecule has 5 heteroatoms. The fraction of sp³-hybridized carbons (Fsp3) is 0.417. The normalized spacial score (nSPS) is 14.7. The summed E-state index contributed by atoms with van der Waals surface area (Å²) >= 11 is 11.6. The molecule has 0 aromatic heterocycles. The fourth-order valence-corrected chi connectivity index (χ4v) is 2.00. The van der Waals surface area contributed by atoms with Gasteiger partial charge in [-0.2, -0.15) is 0 Å². The summed E-state index contributed by atoms with van der Waals surface area (Å²) in [5.41, 5.74) is 0.459. The summed E-state index contributed by atoms with van der Waals surface area (Å²) < 4.78 is 0. The van der Waals surface area contributed by atoms with Crippen LogP contribution >= 0.6 is 23.2 Å². The highest BCUT2D eigenvalue weighted by Crippen LogP contribution is 2.32. The Balaban J connectivity index is 3.05. The van der Waals surface area contributed by atoms with Crippen molar-refractivity contribution in [3.05, 3.63) is 33.8 Å². The van der Waals surface area contributed by atoms with E-state index < -0.39 is 18.0 Å². The Labute approximate surface area is 110 Å². The Morgan fingerprint density at radius 1 is 1.24 bits per heavy atom. The summed E-state index contributed by atoms with van der Waals surface area (Å²) in [6.45, 7) is 3.50. The molecular formula is C12H14Cl2O3. The Kier molecular flexibility index (Phi) is 4.80. The average Bonchev–Trinajstić information content (AvgIpc) is 2.20. The molecule has 2 unspecified atom stereocenters. The molecule has 0 radical (unpaired) electrons. The van der Waals surface area contributed by atoms with Gasteiger partial charge >= 0.3 is 5.97 Å². The van der Waals surface area contributed by atoms with Crippen LogP contribution in [0.15, 0.2) is 18.2 Å². The van der Waals surface area contributed by atoms with E-state index in [0.717, 1.165) is 0 Å². The molecule has 1 aromatic carbocycles. The maximum atomic E-state index is 11.1. The first-order valence-corrected chi connectivity index (χ1v) is 5.96.